The van der Waals surface area contributed by atoms with Gasteiger partial charge in [0, 0.05) is 6.04 Å². The van der Waals surface area contributed by atoms with Crippen LogP contribution in [0.2, 0.25) is 0 Å². The molecule has 6 nitrogen and oxygen atoms in total. The van der Waals surface area contributed by atoms with E-state index in [1.54, 1.807) is 24.3 Å². The molecular weight excluding hydrogens is 258 g/mol. The van der Waals surface area contributed by atoms with E-state index in [0.717, 1.165) is 0 Å². The van der Waals surface area contributed by atoms with Crippen molar-refractivity contribution >= 4 is 11.8 Å². The molecule has 0 aliphatic heterocycles. The third kappa shape index (κ3) is 5.88. The second-order valence-corrected chi connectivity index (χ2v) is 5.20. The maximum Gasteiger partial charge on any atom is 0.234 e. The highest BCUT2D eigenvalue weighted by molar-refractivity contribution is 5.81. The SMILES string of the molecule is CC(C)NC(=O)CN(C)CC(=O)N[C@@H](C)c1ccco1. The normalized spacial score (nSPS) is 12.5. The van der Waals surface area contributed by atoms with Gasteiger partial charge in [-0.3, -0.25) is 14.5 Å². The van der Waals surface area contributed by atoms with Crippen molar-refractivity contribution in [2.24, 2.45) is 0 Å². The van der Waals surface area contributed by atoms with Gasteiger partial charge in [0.25, 0.3) is 0 Å². The minimum Gasteiger partial charge on any atom is -0.467 e. The summed E-state index contributed by atoms with van der Waals surface area (Å²) >= 11 is 0. The molecule has 0 radical (unpaired) electrons. The Hall–Kier alpha value is -1.82. The van der Waals surface area contributed by atoms with E-state index in [9.17, 15) is 9.59 Å². The average Bonchev–Trinajstić information content (AvgIpc) is 2.79. The second-order valence-electron chi connectivity index (χ2n) is 5.20. The summed E-state index contributed by atoms with van der Waals surface area (Å²) in [4.78, 5) is 25.1. The molecule has 2 amide bonds. The highest BCUT2D eigenvalue weighted by Gasteiger charge is 2.15. The maximum absolute atomic E-state index is 11.8. The molecule has 1 rings (SSSR count). The third-order valence-electron chi connectivity index (χ3n) is 2.62. The number of carbonyl (C=O) groups is 2. The van der Waals surface area contributed by atoms with E-state index < -0.39 is 0 Å². The Morgan fingerprint density at radius 3 is 2.30 bits per heavy atom. The molecule has 1 heterocycles. The first-order valence-electron chi connectivity index (χ1n) is 6.69. The first kappa shape index (κ1) is 16.2. The van der Waals surface area contributed by atoms with Gasteiger partial charge >= 0.3 is 0 Å². The standard InChI is InChI=1S/C14H23N3O3/c1-10(2)15-13(18)8-17(4)9-14(19)16-11(3)12-6-5-7-20-12/h5-7,10-11H,8-9H2,1-4H3,(H,15,18)(H,16,19)/t11-/m0/s1. The Bertz CT molecular complexity index is 429. The van der Waals surface area contributed by atoms with Crippen LogP contribution in [-0.4, -0.2) is 42.9 Å². The minimum absolute atomic E-state index is 0.0885. The molecule has 0 aliphatic rings. The van der Waals surface area contributed by atoms with Gasteiger partial charge in [-0.25, -0.2) is 0 Å². The lowest BCUT2D eigenvalue weighted by molar-refractivity contribution is -0.125. The number of rotatable bonds is 7. The van der Waals surface area contributed by atoms with Crippen LogP contribution in [-0.2, 0) is 9.59 Å². The number of amides is 2. The van der Waals surface area contributed by atoms with E-state index in [1.807, 2.05) is 26.8 Å². The lowest BCUT2D eigenvalue weighted by Gasteiger charge is -2.18. The van der Waals surface area contributed by atoms with Crippen LogP contribution in [0.4, 0.5) is 0 Å². The van der Waals surface area contributed by atoms with E-state index in [4.69, 9.17) is 4.42 Å². The van der Waals surface area contributed by atoms with Crippen molar-refractivity contribution in [3.05, 3.63) is 24.2 Å². The second kappa shape index (κ2) is 7.69. The van der Waals surface area contributed by atoms with Crippen molar-refractivity contribution in [2.75, 3.05) is 20.1 Å². The van der Waals surface area contributed by atoms with Crippen molar-refractivity contribution in [1.29, 1.82) is 0 Å². The van der Waals surface area contributed by atoms with Crippen LogP contribution in [0, 0.1) is 0 Å². The number of hydrogen-bond acceptors (Lipinski definition) is 4. The number of nitrogens with zero attached hydrogens (tertiary/aromatic N) is 1. The molecule has 0 aromatic carbocycles. The number of carbonyl (C=O) groups excluding carboxylic acids is 2. The largest absolute Gasteiger partial charge is 0.467 e. The Morgan fingerprint density at radius 1 is 1.20 bits per heavy atom. The number of likely N-dealkylation sites (N-methyl/N-ethyl adjacent to an activating group) is 1. The number of nitrogens with one attached hydrogen (secondary N) is 2. The van der Waals surface area contributed by atoms with Crippen molar-refractivity contribution < 1.29 is 14.0 Å². The molecule has 112 valence electrons. The van der Waals surface area contributed by atoms with Crippen LogP contribution in [0.15, 0.2) is 22.8 Å². The molecule has 1 atom stereocenters. The predicted octanol–water partition coefficient (Wildman–Crippen LogP) is 0.913. The van der Waals surface area contributed by atoms with Gasteiger partial charge in [-0.15, -0.1) is 0 Å². The molecule has 1 aromatic rings. The summed E-state index contributed by atoms with van der Waals surface area (Å²) in [6, 6.07) is 3.50. The number of hydrogen-bond donors (Lipinski definition) is 2. The first-order valence-corrected chi connectivity index (χ1v) is 6.69. The summed E-state index contributed by atoms with van der Waals surface area (Å²) in [5.74, 6) is 0.474. The highest BCUT2D eigenvalue weighted by Crippen LogP contribution is 2.11. The molecule has 0 spiro atoms. The summed E-state index contributed by atoms with van der Waals surface area (Å²) in [5.41, 5.74) is 0. The molecule has 0 bridgehead atoms. The predicted molar refractivity (Wildman–Crippen MR) is 76.0 cm³/mol. The summed E-state index contributed by atoms with van der Waals surface area (Å²) < 4.78 is 5.22. The molecule has 0 unspecified atom stereocenters. The highest BCUT2D eigenvalue weighted by atomic mass is 16.3. The summed E-state index contributed by atoms with van der Waals surface area (Å²) in [7, 11) is 1.73. The molecule has 0 saturated carbocycles. The van der Waals surface area contributed by atoms with Gasteiger partial charge in [0.1, 0.15) is 5.76 Å². The Balaban J connectivity index is 2.33. The van der Waals surface area contributed by atoms with Crippen LogP contribution in [0.5, 0.6) is 0 Å². The van der Waals surface area contributed by atoms with Crippen LogP contribution >= 0.6 is 0 Å². The van der Waals surface area contributed by atoms with Crippen molar-refractivity contribution in [3.8, 4) is 0 Å². The molecule has 0 fully saturated rings. The Morgan fingerprint density at radius 2 is 1.80 bits per heavy atom. The minimum atomic E-state index is -0.185. The van der Waals surface area contributed by atoms with Gasteiger partial charge in [-0.2, -0.15) is 0 Å². The molecular formula is C14H23N3O3. The maximum atomic E-state index is 11.8. The van der Waals surface area contributed by atoms with Gasteiger partial charge in [0.05, 0.1) is 25.4 Å². The fourth-order valence-electron chi connectivity index (χ4n) is 1.81. The summed E-state index contributed by atoms with van der Waals surface area (Å²) in [5, 5.41) is 5.60. The zero-order valence-electron chi connectivity index (χ0n) is 12.5. The topological polar surface area (TPSA) is 74.6 Å². The van der Waals surface area contributed by atoms with Crippen molar-refractivity contribution in [3.63, 3.8) is 0 Å². The average molecular weight is 281 g/mol. The zero-order chi connectivity index (χ0) is 15.1. The van der Waals surface area contributed by atoms with Gasteiger partial charge < -0.3 is 15.1 Å². The lowest BCUT2D eigenvalue weighted by atomic mass is 10.2. The fraction of sp³-hybridized carbons (Fsp3) is 0.571. The summed E-state index contributed by atoms with van der Waals surface area (Å²) in [6.07, 6.45) is 1.57. The van der Waals surface area contributed by atoms with Gasteiger partial charge in [-0.05, 0) is 40.0 Å². The smallest absolute Gasteiger partial charge is 0.234 e. The van der Waals surface area contributed by atoms with Crippen LogP contribution in [0.25, 0.3) is 0 Å². The lowest BCUT2D eigenvalue weighted by Crippen LogP contribution is -2.42. The van der Waals surface area contributed by atoms with E-state index in [0.29, 0.717) is 5.76 Å². The van der Waals surface area contributed by atoms with Gasteiger partial charge in [-0.1, -0.05) is 0 Å². The Labute approximate surface area is 119 Å². The Kier molecular flexibility index (Phi) is 6.24. The third-order valence-corrected chi connectivity index (χ3v) is 2.62. The molecule has 0 aliphatic carbocycles. The van der Waals surface area contributed by atoms with E-state index in [1.165, 1.54) is 0 Å². The van der Waals surface area contributed by atoms with E-state index in [2.05, 4.69) is 10.6 Å². The van der Waals surface area contributed by atoms with Gasteiger partial charge in [0.15, 0.2) is 0 Å². The van der Waals surface area contributed by atoms with Crippen LogP contribution in [0.1, 0.15) is 32.6 Å². The molecule has 0 saturated heterocycles. The van der Waals surface area contributed by atoms with Crippen LogP contribution < -0.4 is 10.6 Å². The zero-order valence-corrected chi connectivity index (χ0v) is 12.5. The number of furan rings is 1. The van der Waals surface area contributed by atoms with Crippen molar-refractivity contribution in [2.45, 2.75) is 32.9 Å². The quantitative estimate of drug-likeness (QED) is 0.779. The van der Waals surface area contributed by atoms with E-state index in [-0.39, 0.29) is 37.0 Å². The van der Waals surface area contributed by atoms with Crippen LogP contribution in [0.3, 0.4) is 0 Å². The van der Waals surface area contributed by atoms with E-state index >= 15 is 0 Å². The molecule has 20 heavy (non-hydrogen) atoms. The first-order chi connectivity index (χ1) is 9.38. The van der Waals surface area contributed by atoms with Crippen molar-refractivity contribution in [1.82, 2.24) is 15.5 Å². The van der Waals surface area contributed by atoms with Gasteiger partial charge in [0.2, 0.25) is 11.8 Å². The fourth-order valence-corrected chi connectivity index (χ4v) is 1.81. The monoisotopic (exact) mass is 281 g/mol. The summed E-state index contributed by atoms with van der Waals surface area (Å²) in [6.45, 7) is 6.00. The molecule has 6 heteroatoms. The molecule has 1 aromatic heterocycles. The molecule has 2 N–H and O–H groups in total.